The molecule has 0 unspecified atom stereocenters. The van der Waals surface area contributed by atoms with Gasteiger partial charge in [-0.05, 0) is 42.8 Å². The van der Waals surface area contributed by atoms with Gasteiger partial charge < -0.3 is 24.7 Å². The highest BCUT2D eigenvalue weighted by Crippen LogP contribution is 2.32. The molecule has 4 aromatic rings. The molecule has 2 heterocycles. The number of carbonyl (C=O) groups is 2. The summed E-state index contributed by atoms with van der Waals surface area (Å²) in [5, 5.41) is 5.89. The molecule has 0 saturated carbocycles. The Kier molecular flexibility index (Phi) is 6.61. The van der Waals surface area contributed by atoms with Crippen LogP contribution in [0.25, 0.3) is 11.0 Å². The lowest BCUT2D eigenvalue weighted by atomic mass is 10.2. The average Bonchev–Trinajstić information content (AvgIpc) is 3.24. The first-order valence-electron chi connectivity index (χ1n) is 11.6. The Balaban J connectivity index is 1.24. The smallest absolute Gasteiger partial charge is 0.251 e. The zero-order valence-electron chi connectivity index (χ0n) is 19.2. The number of amides is 2. The number of fused-ring (bicyclic) bond motifs is 2. The molecule has 5 rings (SSSR count). The van der Waals surface area contributed by atoms with E-state index in [4.69, 9.17) is 14.5 Å². The van der Waals surface area contributed by atoms with Crippen LogP contribution >= 0.6 is 0 Å². The molecule has 0 spiro atoms. The van der Waals surface area contributed by atoms with Crippen molar-refractivity contribution in [2.45, 2.75) is 19.4 Å². The second kappa shape index (κ2) is 10.3. The first kappa shape index (κ1) is 22.5. The first-order chi connectivity index (χ1) is 17.2. The quantitative estimate of drug-likeness (QED) is 0.382. The van der Waals surface area contributed by atoms with Gasteiger partial charge in [-0.25, -0.2) is 4.98 Å². The topological polar surface area (TPSA) is 94.5 Å². The van der Waals surface area contributed by atoms with Crippen LogP contribution in [0.15, 0.2) is 72.8 Å². The molecule has 1 aliphatic heterocycles. The third kappa shape index (κ3) is 5.27. The minimum atomic E-state index is -0.163. The monoisotopic (exact) mass is 470 g/mol. The summed E-state index contributed by atoms with van der Waals surface area (Å²) < 4.78 is 13.1. The highest BCUT2D eigenvalue weighted by atomic mass is 16.6. The molecule has 1 aliphatic rings. The van der Waals surface area contributed by atoms with Crippen LogP contribution in [0.2, 0.25) is 0 Å². The van der Waals surface area contributed by atoms with Gasteiger partial charge in [0.15, 0.2) is 11.5 Å². The Hall–Kier alpha value is -4.33. The maximum absolute atomic E-state index is 12.9. The lowest BCUT2D eigenvalue weighted by Crippen LogP contribution is -2.25. The second-order valence-corrected chi connectivity index (χ2v) is 8.23. The molecule has 0 fully saturated rings. The summed E-state index contributed by atoms with van der Waals surface area (Å²) in [4.78, 5) is 29.9. The van der Waals surface area contributed by atoms with E-state index in [1.807, 2.05) is 47.0 Å². The molecule has 0 atom stereocenters. The van der Waals surface area contributed by atoms with Crippen molar-refractivity contribution in [1.29, 1.82) is 0 Å². The first-order valence-corrected chi connectivity index (χ1v) is 11.6. The van der Waals surface area contributed by atoms with E-state index in [1.54, 1.807) is 30.3 Å². The zero-order valence-corrected chi connectivity index (χ0v) is 19.2. The van der Waals surface area contributed by atoms with Gasteiger partial charge in [0.05, 0.1) is 11.0 Å². The number of imidazole rings is 1. The molecule has 0 saturated heterocycles. The fourth-order valence-corrected chi connectivity index (χ4v) is 4.10. The Morgan fingerprint density at radius 2 is 1.69 bits per heavy atom. The standard InChI is InChI=1S/C27H26N4O4/c32-26(29-20-12-13-23-24(17-20)35-16-15-34-23)18-31-22-10-5-4-9-21(22)30-25(31)11-6-14-28-27(33)19-7-2-1-3-8-19/h1-5,7-10,12-13,17H,6,11,14-16,18H2,(H,28,33)(H,29,32). The molecular formula is C27H26N4O4. The number of benzene rings is 3. The summed E-state index contributed by atoms with van der Waals surface area (Å²) in [6, 6.07) is 22.3. The molecule has 8 heteroatoms. The second-order valence-electron chi connectivity index (χ2n) is 8.23. The van der Waals surface area contributed by atoms with E-state index < -0.39 is 0 Å². The maximum atomic E-state index is 12.9. The van der Waals surface area contributed by atoms with Gasteiger partial charge in [0.1, 0.15) is 25.6 Å². The van der Waals surface area contributed by atoms with Crippen molar-refractivity contribution in [2.24, 2.45) is 0 Å². The van der Waals surface area contributed by atoms with Crippen LogP contribution < -0.4 is 20.1 Å². The molecule has 3 aromatic carbocycles. The predicted molar refractivity (Wildman–Crippen MR) is 133 cm³/mol. The SMILES string of the molecule is O=C(Cn1c(CCCNC(=O)c2ccccc2)nc2ccccc21)Nc1ccc2c(c1)OCCO2. The van der Waals surface area contributed by atoms with Crippen LogP contribution in [-0.4, -0.2) is 41.1 Å². The number of carbonyl (C=O) groups excluding carboxylic acids is 2. The largest absolute Gasteiger partial charge is 0.486 e. The van der Waals surface area contributed by atoms with Gasteiger partial charge in [-0.2, -0.15) is 0 Å². The third-order valence-corrected chi connectivity index (χ3v) is 5.76. The Morgan fingerprint density at radius 3 is 2.54 bits per heavy atom. The Morgan fingerprint density at radius 1 is 0.914 bits per heavy atom. The van der Waals surface area contributed by atoms with E-state index >= 15 is 0 Å². The molecule has 1 aromatic heterocycles. The van der Waals surface area contributed by atoms with Gasteiger partial charge in [0, 0.05) is 30.3 Å². The van der Waals surface area contributed by atoms with Crippen molar-refractivity contribution in [1.82, 2.24) is 14.9 Å². The van der Waals surface area contributed by atoms with Gasteiger partial charge >= 0.3 is 0 Å². The van der Waals surface area contributed by atoms with E-state index in [0.717, 1.165) is 16.9 Å². The fraction of sp³-hybridized carbons (Fsp3) is 0.222. The highest BCUT2D eigenvalue weighted by Gasteiger charge is 2.16. The predicted octanol–water partition coefficient (Wildman–Crippen LogP) is 3.81. The Labute approximate surface area is 202 Å². The van der Waals surface area contributed by atoms with Gasteiger partial charge in [-0.15, -0.1) is 0 Å². The van der Waals surface area contributed by atoms with Crippen molar-refractivity contribution in [3.05, 3.63) is 84.2 Å². The number of anilines is 1. The van der Waals surface area contributed by atoms with Gasteiger partial charge in [-0.1, -0.05) is 30.3 Å². The highest BCUT2D eigenvalue weighted by molar-refractivity contribution is 5.94. The lowest BCUT2D eigenvalue weighted by molar-refractivity contribution is -0.116. The number of hydrogen-bond acceptors (Lipinski definition) is 5. The van der Waals surface area contributed by atoms with Gasteiger partial charge in [0.2, 0.25) is 5.91 Å². The third-order valence-electron chi connectivity index (χ3n) is 5.76. The number of aromatic nitrogens is 2. The number of aryl methyl sites for hydroxylation is 1. The summed E-state index contributed by atoms with van der Waals surface area (Å²) in [5.74, 6) is 1.84. The lowest BCUT2D eigenvalue weighted by Gasteiger charge is -2.19. The normalized spacial score (nSPS) is 12.3. The molecule has 2 N–H and O–H groups in total. The van der Waals surface area contributed by atoms with Crippen molar-refractivity contribution < 1.29 is 19.1 Å². The van der Waals surface area contributed by atoms with E-state index in [0.29, 0.717) is 55.4 Å². The summed E-state index contributed by atoms with van der Waals surface area (Å²) in [5.41, 5.74) is 3.01. The van der Waals surface area contributed by atoms with Crippen molar-refractivity contribution >= 4 is 28.5 Å². The number of ether oxygens (including phenoxy) is 2. The minimum absolute atomic E-state index is 0.0992. The van der Waals surface area contributed by atoms with Crippen molar-refractivity contribution in [3.63, 3.8) is 0 Å². The fourth-order valence-electron chi connectivity index (χ4n) is 4.10. The van der Waals surface area contributed by atoms with Crippen LogP contribution in [0.4, 0.5) is 5.69 Å². The molecule has 0 bridgehead atoms. The minimum Gasteiger partial charge on any atom is -0.486 e. The molecule has 178 valence electrons. The van der Waals surface area contributed by atoms with Gasteiger partial charge in [-0.3, -0.25) is 9.59 Å². The summed E-state index contributed by atoms with van der Waals surface area (Å²) in [6.07, 6.45) is 1.33. The van der Waals surface area contributed by atoms with Crippen LogP contribution in [0.1, 0.15) is 22.6 Å². The number of nitrogens with zero attached hydrogens (tertiary/aromatic N) is 2. The zero-order chi connectivity index (χ0) is 24.0. The Bertz CT molecular complexity index is 1350. The van der Waals surface area contributed by atoms with Crippen molar-refractivity contribution in [2.75, 3.05) is 25.1 Å². The number of para-hydroxylation sites is 2. The van der Waals surface area contributed by atoms with Crippen LogP contribution in [0, 0.1) is 0 Å². The summed E-state index contributed by atoms with van der Waals surface area (Å²) in [7, 11) is 0. The molecule has 8 nitrogen and oxygen atoms in total. The number of hydrogen-bond donors (Lipinski definition) is 2. The molecule has 0 aliphatic carbocycles. The van der Waals surface area contributed by atoms with E-state index in [2.05, 4.69) is 10.6 Å². The van der Waals surface area contributed by atoms with Crippen molar-refractivity contribution in [3.8, 4) is 11.5 Å². The maximum Gasteiger partial charge on any atom is 0.251 e. The molecular weight excluding hydrogens is 444 g/mol. The molecule has 2 amide bonds. The van der Waals surface area contributed by atoms with Crippen LogP contribution in [-0.2, 0) is 17.8 Å². The average molecular weight is 471 g/mol. The number of nitrogens with one attached hydrogen (secondary N) is 2. The summed E-state index contributed by atoms with van der Waals surface area (Å²) in [6.45, 7) is 1.65. The van der Waals surface area contributed by atoms with E-state index in [9.17, 15) is 9.59 Å². The van der Waals surface area contributed by atoms with E-state index in [-0.39, 0.29) is 18.4 Å². The van der Waals surface area contributed by atoms with Crippen LogP contribution in [0.5, 0.6) is 11.5 Å². The van der Waals surface area contributed by atoms with E-state index in [1.165, 1.54) is 0 Å². The summed E-state index contributed by atoms with van der Waals surface area (Å²) >= 11 is 0. The molecule has 35 heavy (non-hydrogen) atoms. The molecule has 0 radical (unpaired) electrons. The number of rotatable bonds is 8. The van der Waals surface area contributed by atoms with Gasteiger partial charge in [0.25, 0.3) is 5.91 Å². The van der Waals surface area contributed by atoms with Crippen LogP contribution in [0.3, 0.4) is 0 Å².